The number of halogens is 1. The van der Waals surface area contributed by atoms with E-state index in [2.05, 4.69) is 4.90 Å². The lowest BCUT2D eigenvalue weighted by molar-refractivity contribution is -0.0770. The molecule has 2 heterocycles. The maximum Gasteiger partial charge on any atom is 0.281 e. The van der Waals surface area contributed by atoms with E-state index in [0.717, 1.165) is 38.4 Å². The van der Waals surface area contributed by atoms with E-state index in [1.165, 1.54) is 30.7 Å². The zero-order valence-corrected chi connectivity index (χ0v) is 15.9. The highest BCUT2D eigenvalue weighted by molar-refractivity contribution is 6.31. The standard InChI is InChI=1S/C20H27ClN2O3/c21-15-6-7-19(18(14-15)20(24)23-10-3-13-25-23)26-17-8-11-22(12-9-17)16-4-1-2-5-16/h6-7,14,16-17H,1-5,8-13H2. The van der Waals surface area contributed by atoms with Gasteiger partial charge in [-0.15, -0.1) is 0 Å². The van der Waals surface area contributed by atoms with Gasteiger partial charge in [-0.1, -0.05) is 24.4 Å². The molecule has 0 unspecified atom stereocenters. The largest absolute Gasteiger partial charge is 0.489 e. The topological polar surface area (TPSA) is 42.0 Å². The van der Waals surface area contributed by atoms with Gasteiger partial charge in [-0.25, -0.2) is 5.06 Å². The summed E-state index contributed by atoms with van der Waals surface area (Å²) in [6.45, 7) is 3.37. The molecule has 2 aliphatic heterocycles. The summed E-state index contributed by atoms with van der Waals surface area (Å²) in [4.78, 5) is 20.8. The van der Waals surface area contributed by atoms with E-state index >= 15 is 0 Å². The first-order chi connectivity index (χ1) is 12.7. The van der Waals surface area contributed by atoms with Crippen LogP contribution in [0.1, 0.15) is 55.3 Å². The fraction of sp³-hybridized carbons (Fsp3) is 0.650. The molecule has 6 heteroatoms. The van der Waals surface area contributed by atoms with Gasteiger partial charge in [0, 0.05) is 24.2 Å². The first-order valence-corrected chi connectivity index (χ1v) is 10.2. The van der Waals surface area contributed by atoms with E-state index in [1.54, 1.807) is 12.1 Å². The van der Waals surface area contributed by atoms with Crippen LogP contribution < -0.4 is 4.74 Å². The second kappa shape index (κ2) is 8.15. The summed E-state index contributed by atoms with van der Waals surface area (Å²) in [7, 11) is 0. The van der Waals surface area contributed by atoms with Crippen LogP contribution in [0.25, 0.3) is 0 Å². The zero-order valence-electron chi connectivity index (χ0n) is 15.2. The minimum Gasteiger partial charge on any atom is -0.489 e. The minimum absolute atomic E-state index is 0.153. The molecule has 0 spiro atoms. The second-order valence-electron chi connectivity index (χ2n) is 7.53. The Balaban J connectivity index is 1.41. The molecule has 1 saturated carbocycles. The lowest BCUT2D eigenvalue weighted by atomic mass is 10.0. The Hall–Kier alpha value is -1.30. The molecule has 0 aromatic heterocycles. The van der Waals surface area contributed by atoms with E-state index in [4.69, 9.17) is 21.2 Å². The molecule has 1 aromatic carbocycles. The van der Waals surface area contributed by atoms with E-state index < -0.39 is 0 Å². The van der Waals surface area contributed by atoms with Gasteiger partial charge in [0.1, 0.15) is 11.9 Å². The van der Waals surface area contributed by atoms with E-state index in [0.29, 0.717) is 29.5 Å². The number of ether oxygens (including phenoxy) is 1. The predicted octanol–water partition coefficient (Wildman–Crippen LogP) is 3.90. The third-order valence-corrected chi connectivity index (χ3v) is 6.00. The van der Waals surface area contributed by atoms with Crippen molar-refractivity contribution in [1.29, 1.82) is 0 Å². The summed E-state index contributed by atoms with van der Waals surface area (Å²) < 4.78 is 6.24. The van der Waals surface area contributed by atoms with Crippen LogP contribution in [-0.2, 0) is 4.84 Å². The number of hydrogen-bond donors (Lipinski definition) is 0. The Morgan fingerprint density at radius 2 is 1.85 bits per heavy atom. The van der Waals surface area contributed by atoms with E-state index in [9.17, 15) is 4.79 Å². The van der Waals surface area contributed by atoms with Gasteiger partial charge in [-0.05, 0) is 50.3 Å². The van der Waals surface area contributed by atoms with Crippen molar-refractivity contribution in [1.82, 2.24) is 9.96 Å². The molecule has 5 nitrogen and oxygen atoms in total. The van der Waals surface area contributed by atoms with Crippen molar-refractivity contribution >= 4 is 17.5 Å². The predicted molar refractivity (Wildman–Crippen MR) is 101 cm³/mol. The number of rotatable bonds is 4. The fourth-order valence-electron chi connectivity index (χ4n) is 4.32. The van der Waals surface area contributed by atoms with Crippen molar-refractivity contribution in [2.45, 2.75) is 57.1 Å². The van der Waals surface area contributed by atoms with Crippen molar-refractivity contribution in [2.24, 2.45) is 0 Å². The number of amides is 1. The molecule has 1 amide bonds. The smallest absolute Gasteiger partial charge is 0.281 e. The van der Waals surface area contributed by atoms with Crippen molar-refractivity contribution in [3.8, 4) is 5.75 Å². The first kappa shape index (κ1) is 18.1. The first-order valence-electron chi connectivity index (χ1n) is 9.86. The number of hydroxylamine groups is 2. The Morgan fingerprint density at radius 3 is 2.54 bits per heavy atom. The monoisotopic (exact) mass is 378 g/mol. The van der Waals surface area contributed by atoms with Gasteiger partial charge in [0.25, 0.3) is 5.91 Å². The summed E-state index contributed by atoms with van der Waals surface area (Å²) in [5, 5.41) is 1.96. The second-order valence-corrected chi connectivity index (χ2v) is 7.96. The van der Waals surface area contributed by atoms with Crippen LogP contribution in [0.4, 0.5) is 0 Å². The van der Waals surface area contributed by atoms with Crippen LogP contribution in [0.15, 0.2) is 18.2 Å². The molecule has 0 atom stereocenters. The maximum absolute atomic E-state index is 12.7. The normalized spacial score (nSPS) is 22.9. The lowest BCUT2D eigenvalue weighted by Gasteiger charge is -2.36. The summed E-state index contributed by atoms with van der Waals surface area (Å²) in [5.41, 5.74) is 0.498. The Kier molecular flexibility index (Phi) is 5.67. The highest BCUT2D eigenvalue weighted by Gasteiger charge is 2.29. The fourth-order valence-corrected chi connectivity index (χ4v) is 4.49. The van der Waals surface area contributed by atoms with Gasteiger partial charge in [0.05, 0.1) is 18.7 Å². The summed E-state index contributed by atoms with van der Waals surface area (Å²) in [5.74, 6) is 0.456. The summed E-state index contributed by atoms with van der Waals surface area (Å²) >= 11 is 6.13. The molecule has 1 aromatic rings. The van der Waals surface area contributed by atoms with Crippen molar-refractivity contribution in [2.75, 3.05) is 26.2 Å². The van der Waals surface area contributed by atoms with Crippen LogP contribution in [-0.4, -0.2) is 54.3 Å². The van der Waals surface area contributed by atoms with E-state index in [1.807, 2.05) is 6.07 Å². The third-order valence-electron chi connectivity index (χ3n) is 5.76. The molecule has 0 radical (unpaired) electrons. The Labute approximate surface area is 160 Å². The molecule has 3 fully saturated rings. The van der Waals surface area contributed by atoms with Gasteiger partial charge in [0.15, 0.2) is 0 Å². The highest BCUT2D eigenvalue weighted by Crippen LogP contribution is 2.30. The van der Waals surface area contributed by atoms with Crippen molar-refractivity contribution < 1.29 is 14.4 Å². The minimum atomic E-state index is -0.164. The molecule has 1 aliphatic carbocycles. The van der Waals surface area contributed by atoms with Crippen LogP contribution >= 0.6 is 11.6 Å². The average molecular weight is 379 g/mol. The number of carbonyl (C=O) groups is 1. The van der Waals surface area contributed by atoms with Crippen LogP contribution in [0, 0.1) is 0 Å². The number of hydrogen-bond acceptors (Lipinski definition) is 4. The Bertz CT molecular complexity index is 634. The van der Waals surface area contributed by atoms with Crippen LogP contribution in [0.5, 0.6) is 5.75 Å². The Morgan fingerprint density at radius 1 is 1.08 bits per heavy atom. The molecule has 2 saturated heterocycles. The maximum atomic E-state index is 12.7. The molecule has 0 N–H and O–H groups in total. The molecular weight excluding hydrogens is 352 g/mol. The van der Waals surface area contributed by atoms with Gasteiger partial charge in [0.2, 0.25) is 0 Å². The van der Waals surface area contributed by atoms with Crippen molar-refractivity contribution in [3.63, 3.8) is 0 Å². The van der Waals surface area contributed by atoms with Crippen molar-refractivity contribution in [3.05, 3.63) is 28.8 Å². The molecular formula is C20H27ClN2O3. The average Bonchev–Trinajstić information content (AvgIpc) is 3.37. The van der Waals surface area contributed by atoms with E-state index in [-0.39, 0.29) is 12.0 Å². The SMILES string of the molecule is O=C(c1cc(Cl)ccc1OC1CCN(C2CCCC2)CC1)N1CCCO1. The molecule has 4 rings (SSSR count). The van der Waals surface area contributed by atoms with Gasteiger partial charge in [-0.3, -0.25) is 9.63 Å². The lowest BCUT2D eigenvalue weighted by Crippen LogP contribution is -2.43. The van der Waals surface area contributed by atoms with Gasteiger partial charge < -0.3 is 9.64 Å². The number of likely N-dealkylation sites (tertiary alicyclic amines) is 1. The zero-order chi connectivity index (χ0) is 17.9. The third kappa shape index (κ3) is 4.00. The molecule has 142 valence electrons. The number of nitrogens with zero attached hydrogens (tertiary/aromatic N) is 2. The number of carbonyl (C=O) groups excluding carboxylic acids is 1. The number of piperidine rings is 1. The summed E-state index contributed by atoms with van der Waals surface area (Å²) in [6, 6.07) is 6.06. The van der Waals surface area contributed by atoms with Gasteiger partial charge in [-0.2, -0.15) is 0 Å². The van der Waals surface area contributed by atoms with Gasteiger partial charge >= 0.3 is 0 Å². The van der Waals surface area contributed by atoms with Crippen LogP contribution in [0.3, 0.4) is 0 Å². The molecule has 0 bridgehead atoms. The quantitative estimate of drug-likeness (QED) is 0.796. The molecule has 3 aliphatic rings. The number of benzene rings is 1. The summed E-state index contributed by atoms with van der Waals surface area (Å²) in [6.07, 6.45) is 8.46. The highest BCUT2D eigenvalue weighted by atomic mass is 35.5. The molecule has 26 heavy (non-hydrogen) atoms. The van der Waals surface area contributed by atoms with Crippen LogP contribution in [0.2, 0.25) is 5.02 Å².